The second-order valence-electron chi connectivity index (χ2n) is 5.20. The predicted molar refractivity (Wildman–Crippen MR) is 93.2 cm³/mol. The normalized spacial score (nSPS) is 10.5. The molecule has 0 aliphatic carbocycles. The summed E-state index contributed by atoms with van der Waals surface area (Å²) in [6, 6.07) is 15.3. The average Bonchev–Trinajstić information content (AvgIpc) is 3.00. The average molecular weight is 371 g/mol. The fraction of sp³-hybridized carbons (Fsp3) is 0.111. The Bertz CT molecular complexity index is 828. The molecule has 5 heteroatoms. The predicted octanol–water partition coefficient (Wildman–Crippen LogP) is 4.59. The second-order valence-corrected chi connectivity index (χ2v) is 6.05. The number of nitrogens with zero attached hydrogens (tertiary/aromatic N) is 1. The zero-order valence-corrected chi connectivity index (χ0v) is 14.1. The van der Waals surface area contributed by atoms with Gasteiger partial charge in [-0.2, -0.15) is 0 Å². The van der Waals surface area contributed by atoms with E-state index in [1.54, 1.807) is 0 Å². The number of nitrogens with one attached hydrogen (secondary N) is 1. The van der Waals surface area contributed by atoms with E-state index in [1.807, 2.05) is 55.5 Å². The quantitative estimate of drug-likeness (QED) is 0.730. The molecule has 0 spiro atoms. The van der Waals surface area contributed by atoms with Crippen molar-refractivity contribution < 1.29 is 9.21 Å². The van der Waals surface area contributed by atoms with E-state index < -0.39 is 0 Å². The molecule has 0 fully saturated rings. The maximum Gasteiger partial charge on any atom is 0.230 e. The van der Waals surface area contributed by atoms with Crippen molar-refractivity contribution in [2.45, 2.75) is 13.3 Å². The molecule has 3 aromatic rings. The van der Waals surface area contributed by atoms with Crippen LogP contribution in [0, 0.1) is 6.92 Å². The first kappa shape index (κ1) is 15.5. The maximum atomic E-state index is 12.1. The van der Waals surface area contributed by atoms with Gasteiger partial charge in [-0.15, -0.1) is 0 Å². The Balaban J connectivity index is 1.66. The maximum absolute atomic E-state index is 12.1. The van der Waals surface area contributed by atoms with Gasteiger partial charge in [0, 0.05) is 15.7 Å². The monoisotopic (exact) mass is 370 g/mol. The lowest BCUT2D eigenvalue weighted by atomic mass is 10.2. The molecule has 0 bridgehead atoms. The lowest BCUT2D eigenvalue weighted by molar-refractivity contribution is -0.115. The first-order valence-corrected chi connectivity index (χ1v) is 7.97. The molecule has 1 heterocycles. The minimum Gasteiger partial charge on any atom is -0.444 e. The van der Waals surface area contributed by atoms with Gasteiger partial charge in [0.25, 0.3) is 0 Å². The zero-order valence-electron chi connectivity index (χ0n) is 12.5. The van der Waals surface area contributed by atoms with Crippen LogP contribution in [-0.4, -0.2) is 10.9 Å². The van der Waals surface area contributed by atoms with Gasteiger partial charge >= 0.3 is 0 Å². The minimum atomic E-state index is -0.131. The molecule has 0 aliphatic rings. The molecule has 0 radical (unpaired) electrons. The Morgan fingerprint density at radius 3 is 2.74 bits per heavy atom. The van der Waals surface area contributed by atoms with Gasteiger partial charge in [0.05, 0.1) is 12.1 Å². The lowest BCUT2D eigenvalue weighted by Crippen LogP contribution is -2.14. The Kier molecular flexibility index (Phi) is 4.57. The largest absolute Gasteiger partial charge is 0.444 e. The van der Waals surface area contributed by atoms with Crippen molar-refractivity contribution >= 4 is 27.5 Å². The van der Waals surface area contributed by atoms with Crippen molar-refractivity contribution in [3.05, 3.63) is 70.5 Å². The van der Waals surface area contributed by atoms with Crippen molar-refractivity contribution in [3.8, 4) is 11.5 Å². The number of hydrogen-bond donors (Lipinski definition) is 1. The van der Waals surface area contributed by atoms with Crippen LogP contribution in [0.4, 0.5) is 5.69 Å². The number of aromatic nitrogens is 1. The van der Waals surface area contributed by atoms with E-state index in [4.69, 9.17) is 4.42 Å². The van der Waals surface area contributed by atoms with Gasteiger partial charge in [-0.05, 0) is 36.8 Å². The molecule has 1 N–H and O–H groups in total. The highest BCUT2D eigenvalue weighted by Gasteiger charge is 2.11. The first-order chi connectivity index (χ1) is 11.1. The molecule has 0 saturated carbocycles. The highest BCUT2D eigenvalue weighted by Crippen LogP contribution is 2.21. The highest BCUT2D eigenvalue weighted by molar-refractivity contribution is 9.10. The van der Waals surface area contributed by atoms with Gasteiger partial charge in [-0.3, -0.25) is 4.79 Å². The van der Waals surface area contributed by atoms with Gasteiger partial charge in [0.15, 0.2) is 0 Å². The summed E-state index contributed by atoms with van der Waals surface area (Å²) in [5, 5.41) is 2.86. The van der Waals surface area contributed by atoms with E-state index >= 15 is 0 Å². The highest BCUT2D eigenvalue weighted by atomic mass is 79.9. The van der Waals surface area contributed by atoms with E-state index in [-0.39, 0.29) is 12.3 Å². The number of aryl methyl sites for hydroxylation is 1. The topological polar surface area (TPSA) is 55.1 Å². The molecular weight excluding hydrogens is 356 g/mol. The van der Waals surface area contributed by atoms with E-state index in [2.05, 4.69) is 26.2 Å². The number of oxazole rings is 1. The number of rotatable bonds is 4. The Morgan fingerprint density at radius 2 is 2.00 bits per heavy atom. The van der Waals surface area contributed by atoms with Crippen molar-refractivity contribution in [1.29, 1.82) is 0 Å². The molecule has 23 heavy (non-hydrogen) atoms. The SMILES string of the molecule is Cc1ccc(NC(=O)Cc2coc(-c3ccccc3)n2)cc1Br. The molecule has 1 amide bonds. The van der Waals surface area contributed by atoms with Crippen LogP contribution in [0.25, 0.3) is 11.5 Å². The molecule has 4 nitrogen and oxygen atoms in total. The van der Waals surface area contributed by atoms with Crippen LogP contribution in [-0.2, 0) is 11.2 Å². The van der Waals surface area contributed by atoms with Crippen LogP contribution in [0.5, 0.6) is 0 Å². The summed E-state index contributed by atoms with van der Waals surface area (Å²) < 4.78 is 6.40. The van der Waals surface area contributed by atoms with Crippen LogP contribution >= 0.6 is 15.9 Å². The number of benzene rings is 2. The number of carbonyl (C=O) groups excluding carboxylic acids is 1. The van der Waals surface area contributed by atoms with Gasteiger partial charge in [0.1, 0.15) is 6.26 Å². The summed E-state index contributed by atoms with van der Waals surface area (Å²) in [6.07, 6.45) is 1.69. The Labute approximate surface area is 142 Å². The summed E-state index contributed by atoms with van der Waals surface area (Å²) >= 11 is 3.45. The van der Waals surface area contributed by atoms with Crippen LogP contribution < -0.4 is 5.32 Å². The minimum absolute atomic E-state index is 0.131. The standard InChI is InChI=1S/C18H15BrN2O2/c1-12-7-8-14(9-16(12)19)20-17(22)10-15-11-23-18(21-15)13-5-3-2-4-6-13/h2-9,11H,10H2,1H3,(H,20,22). The van der Waals surface area contributed by atoms with Gasteiger partial charge in [-0.25, -0.2) is 4.98 Å². The molecule has 0 unspecified atom stereocenters. The number of anilines is 1. The van der Waals surface area contributed by atoms with Gasteiger partial charge < -0.3 is 9.73 Å². The van der Waals surface area contributed by atoms with Crippen molar-refractivity contribution in [1.82, 2.24) is 4.98 Å². The number of halogens is 1. The molecule has 1 aromatic heterocycles. The summed E-state index contributed by atoms with van der Waals surface area (Å²) in [6.45, 7) is 2.00. The second kappa shape index (κ2) is 6.79. The smallest absolute Gasteiger partial charge is 0.230 e. The first-order valence-electron chi connectivity index (χ1n) is 7.17. The van der Waals surface area contributed by atoms with Crippen molar-refractivity contribution in [3.63, 3.8) is 0 Å². The third-order valence-electron chi connectivity index (χ3n) is 3.37. The summed E-state index contributed by atoms with van der Waals surface area (Å²) in [7, 11) is 0. The third-order valence-corrected chi connectivity index (χ3v) is 4.22. The number of amides is 1. The zero-order chi connectivity index (χ0) is 16.2. The molecule has 0 atom stereocenters. The van der Waals surface area contributed by atoms with Crippen LogP contribution in [0.15, 0.2) is 63.7 Å². The van der Waals surface area contributed by atoms with E-state index in [1.165, 1.54) is 6.26 Å². The van der Waals surface area contributed by atoms with Crippen LogP contribution in [0.2, 0.25) is 0 Å². The lowest BCUT2D eigenvalue weighted by Gasteiger charge is -2.05. The summed E-state index contributed by atoms with van der Waals surface area (Å²) in [5.41, 5.74) is 3.36. The molecule has 2 aromatic carbocycles. The molecule has 0 saturated heterocycles. The fourth-order valence-corrected chi connectivity index (χ4v) is 2.52. The summed E-state index contributed by atoms with van der Waals surface area (Å²) in [5.74, 6) is 0.389. The number of hydrogen-bond acceptors (Lipinski definition) is 3. The van der Waals surface area contributed by atoms with E-state index in [9.17, 15) is 4.79 Å². The van der Waals surface area contributed by atoms with Gasteiger partial charge in [0.2, 0.25) is 11.8 Å². The van der Waals surface area contributed by atoms with Crippen molar-refractivity contribution in [2.75, 3.05) is 5.32 Å². The van der Waals surface area contributed by atoms with Gasteiger partial charge in [-0.1, -0.05) is 40.2 Å². The summed E-state index contributed by atoms with van der Waals surface area (Å²) in [4.78, 5) is 16.5. The third kappa shape index (κ3) is 3.87. The van der Waals surface area contributed by atoms with Crippen molar-refractivity contribution in [2.24, 2.45) is 0 Å². The Morgan fingerprint density at radius 1 is 1.22 bits per heavy atom. The fourth-order valence-electron chi connectivity index (χ4n) is 2.14. The van der Waals surface area contributed by atoms with Crippen LogP contribution in [0.1, 0.15) is 11.3 Å². The molecule has 0 aliphatic heterocycles. The molecule has 116 valence electrons. The molecular formula is C18H15BrN2O2. The van der Waals surface area contributed by atoms with E-state index in [0.717, 1.165) is 21.3 Å². The van der Waals surface area contributed by atoms with E-state index in [0.29, 0.717) is 11.6 Å². The van der Waals surface area contributed by atoms with Crippen LogP contribution in [0.3, 0.4) is 0 Å². The Hall–Kier alpha value is -2.40. The number of carbonyl (C=O) groups is 1. The molecule has 3 rings (SSSR count).